The Morgan fingerprint density at radius 3 is 2.81 bits per heavy atom. The van der Waals surface area contributed by atoms with Gasteiger partial charge in [0.1, 0.15) is 11.3 Å². The van der Waals surface area contributed by atoms with Gasteiger partial charge < -0.3 is 9.30 Å². The Hall–Kier alpha value is -1.07. The van der Waals surface area contributed by atoms with E-state index in [0.29, 0.717) is 12.0 Å². The highest BCUT2D eigenvalue weighted by molar-refractivity contribution is 6.20. The van der Waals surface area contributed by atoms with Crippen molar-refractivity contribution in [3.05, 3.63) is 11.5 Å². The van der Waals surface area contributed by atoms with E-state index >= 15 is 0 Å². The molecule has 5 nitrogen and oxygen atoms in total. The summed E-state index contributed by atoms with van der Waals surface area (Å²) < 4.78 is 9.98. The van der Waals surface area contributed by atoms with Crippen molar-refractivity contribution < 1.29 is 4.74 Å². The van der Waals surface area contributed by atoms with Crippen LogP contribution >= 0.6 is 11.6 Å². The summed E-state index contributed by atoms with van der Waals surface area (Å²) in [6.45, 7) is 10.8. The molecule has 1 aliphatic heterocycles. The summed E-state index contributed by atoms with van der Waals surface area (Å²) in [5, 5.41) is 4.47. The summed E-state index contributed by atoms with van der Waals surface area (Å²) in [6, 6.07) is 0. The molecule has 1 aliphatic rings. The van der Waals surface area contributed by atoms with Crippen molar-refractivity contribution in [2.45, 2.75) is 58.7 Å². The minimum absolute atomic E-state index is 0.111. The molecule has 0 bridgehead atoms. The van der Waals surface area contributed by atoms with Crippen molar-refractivity contribution in [3.63, 3.8) is 0 Å². The number of hydrogen-bond acceptors (Lipinski definition) is 3. The van der Waals surface area contributed by atoms with Crippen molar-refractivity contribution in [2.24, 2.45) is 5.92 Å². The first-order valence-corrected chi connectivity index (χ1v) is 8.15. The number of rotatable bonds is 4. The lowest BCUT2D eigenvalue weighted by molar-refractivity contribution is 0.102. The van der Waals surface area contributed by atoms with Crippen LogP contribution in [0.5, 0.6) is 0 Å². The summed E-state index contributed by atoms with van der Waals surface area (Å²) >= 11 is 6.36. The number of halogens is 1. The first-order valence-electron chi connectivity index (χ1n) is 7.72. The molecule has 6 heteroatoms. The fourth-order valence-electron chi connectivity index (χ4n) is 3.20. The van der Waals surface area contributed by atoms with E-state index in [1.807, 2.05) is 18.5 Å². The zero-order valence-electron chi connectivity index (χ0n) is 13.1. The zero-order valence-corrected chi connectivity index (χ0v) is 13.9. The maximum atomic E-state index is 6.36. The van der Waals surface area contributed by atoms with Crippen LogP contribution in [0.15, 0.2) is 0 Å². The molecule has 0 aromatic carbocycles. The molecule has 0 radical (unpaired) electrons. The van der Waals surface area contributed by atoms with Crippen molar-refractivity contribution in [1.82, 2.24) is 19.3 Å². The Kier molecular flexibility index (Phi) is 3.97. The van der Waals surface area contributed by atoms with Gasteiger partial charge in [-0.1, -0.05) is 0 Å². The number of ether oxygens (including phenoxy) is 1. The summed E-state index contributed by atoms with van der Waals surface area (Å²) in [5.41, 5.74) is 3.04. The smallest absolute Gasteiger partial charge is 0.158 e. The van der Waals surface area contributed by atoms with Gasteiger partial charge in [0.2, 0.25) is 0 Å². The van der Waals surface area contributed by atoms with Gasteiger partial charge in [-0.15, -0.1) is 11.6 Å². The van der Waals surface area contributed by atoms with E-state index in [1.165, 1.54) is 0 Å². The maximum absolute atomic E-state index is 6.36. The van der Waals surface area contributed by atoms with Crippen LogP contribution in [0.25, 0.3) is 11.2 Å². The number of fused-ring (bicyclic) bond motifs is 1. The fourth-order valence-corrected chi connectivity index (χ4v) is 3.36. The van der Waals surface area contributed by atoms with Gasteiger partial charge in [-0.05, 0) is 34.1 Å². The second kappa shape index (κ2) is 5.61. The van der Waals surface area contributed by atoms with Gasteiger partial charge in [0, 0.05) is 25.6 Å². The van der Waals surface area contributed by atoms with Crippen LogP contribution in [0, 0.1) is 12.8 Å². The van der Waals surface area contributed by atoms with E-state index in [4.69, 9.17) is 21.3 Å². The van der Waals surface area contributed by atoms with Crippen LogP contribution in [-0.4, -0.2) is 32.0 Å². The third kappa shape index (κ3) is 2.46. The molecule has 3 atom stereocenters. The Bertz CT molecular complexity index is 646. The standard InChI is InChI=1S/C15H23ClN4O/c1-5-20-15-13(10(3)18-20)17-14(9(2)16)19(15)8-12-6-7-21-11(12)4/h9,11-12H,5-8H2,1-4H3. The highest BCUT2D eigenvalue weighted by Gasteiger charge is 2.28. The molecule has 3 rings (SSSR count). The molecule has 3 unspecified atom stereocenters. The minimum atomic E-state index is -0.111. The molecule has 3 heterocycles. The van der Waals surface area contributed by atoms with E-state index in [1.54, 1.807) is 0 Å². The minimum Gasteiger partial charge on any atom is -0.378 e. The van der Waals surface area contributed by atoms with Crippen LogP contribution < -0.4 is 0 Å². The predicted octanol–water partition coefficient (Wildman–Crippen LogP) is 3.29. The summed E-state index contributed by atoms with van der Waals surface area (Å²) in [7, 11) is 0. The van der Waals surface area contributed by atoms with E-state index < -0.39 is 0 Å². The summed E-state index contributed by atoms with van der Waals surface area (Å²) in [4.78, 5) is 4.75. The van der Waals surface area contributed by atoms with Crippen molar-refractivity contribution in [1.29, 1.82) is 0 Å². The van der Waals surface area contributed by atoms with Gasteiger partial charge in [0.15, 0.2) is 5.65 Å². The van der Waals surface area contributed by atoms with E-state index in [2.05, 4.69) is 23.5 Å². The van der Waals surface area contributed by atoms with Gasteiger partial charge in [-0.25, -0.2) is 9.67 Å². The van der Waals surface area contributed by atoms with Crippen LogP contribution in [0.1, 0.15) is 44.1 Å². The van der Waals surface area contributed by atoms with Gasteiger partial charge in [0.05, 0.1) is 17.2 Å². The van der Waals surface area contributed by atoms with Crippen LogP contribution in [0.4, 0.5) is 0 Å². The Balaban J connectivity index is 2.10. The molecular weight excluding hydrogens is 288 g/mol. The molecule has 0 amide bonds. The fraction of sp³-hybridized carbons (Fsp3) is 0.733. The molecule has 1 fully saturated rings. The second-order valence-electron chi connectivity index (χ2n) is 5.89. The maximum Gasteiger partial charge on any atom is 0.158 e. The molecular formula is C15H23ClN4O. The van der Waals surface area contributed by atoms with Crippen molar-refractivity contribution >= 4 is 22.8 Å². The monoisotopic (exact) mass is 310 g/mol. The van der Waals surface area contributed by atoms with Crippen molar-refractivity contribution in [3.8, 4) is 0 Å². The van der Waals surface area contributed by atoms with E-state index in [-0.39, 0.29) is 5.38 Å². The molecule has 0 aliphatic carbocycles. The number of imidazole rings is 1. The normalized spacial score (nSPS) is 24.0. The van der Waals surface area contributed by atoms with Crippen LogP contribution in [0.2, 0.25) is 0 Å². The topological polar surface area (TPSA) is 44.9 Å². The highest BCUT2D eigenvalue weighted by atomic mass is 35.5. The average Bonchev–Trinajstić information content (AvgIpc) is 3.08. The molecule has 116 valence electrons. The average molecular weight is 311 g/mol. The van der Waals surface area contributed by atoms with E-state index in [0.717, 1.165) is 48.8 Å². The van der Waals surface area contributed by atoms with Crippen LogP contribution in [-0.2, 0) is 17.8 Å². The summed E-state index contributed by atoms with van der Waals surface area (Å²) in [5.74, 6) is 1.45. The lowest BCUT2D eigenvalue weighted by Gasteiger charge is -2.18. The second-order valence-corrected chi connectivity index (χ2v) is 6.55. The Morgan fingerprint density at radius 1 is 1.48 bits per heavy atom. The van der Waals surface area contributed by atoms with Gasteiger partial charge >= 0.3 is 0 Å². The van der Waals surface area contributed by atoms with Gasteiger partial charge in [-0.2, -0.15) is 5.10 Å². The van der Waals surface area contributed by atoms with Gasteiger partial charge in [-0.3, -0.25) is 0 Å². The number of alkyl halides is 1. The lowest BCUT2D eigenvalue weighted by Crippen LogP contribution is -2.20. The first-order chi connectivity index (χ1) is 10.0. The third-order valence-electron chi connectivity index (χ3n) is 4.43. The zero-order chi connectivity index (χ0) is 15.1. The summed E-state index contributed by atoms with van der Waals surface area (Å²) in [6.07, 6.45) is 1.39. The lowest BCUT2D eigenvalue weighted by atomic mass is 10.0. The quantitative estimate of drug-likeness (QED) is 0.814. The first kappa shape index (κ1) is 14.9. The number of nitrogens with zero attached hydrogens (tertiary/aromatic N) is 4. The molecule has 2 aromatic rings. The Labute approximate surface area is 130 Å². The third-order valence-corrected chi connectivity index (χ3v) is 4.63. The SMILES string of the molecule is CCn1nc(C)c2nc(C(C)Cl)n(CC3CCOC3C)c21. The predicted molar refractivity (Wildman–Crippen MR) is 83.7 cm³/mol. The van der Waals surface area contributed by atoms with E-state index in [9.17, 15) is 0 Å². The molecule has 2 aromatic heterocycles. The number of hydrogen-bond donors (Lipinski definition) is 0. The van der Waals surface area contributed by atoms with Crippen molar-refractivity contribution in [2.75, 3.05) is 6.61 Å². The highest BCUT2D eigenvalue weighted by Crippen LogP contribution is 2.30. The Morgan fingerprint density at radius 2 is 2.24 bits per heavy atom. The van der Waals surface area contributed by atoms with Gasteiger partial charge in [0.25, 0.3) is 0 Å². The molecule has 0 N–H and O–H groups in total. The molecule has 0 saturated carbocycles. The molecule has 21 heavy (non-hydrogen) atoms. The molecule has 0 spiro atoms. The number of aromatic nitrogens is 4. The largest absolute Gasteiger partial charge is 0.378 e. The van der Waals surface area contributed by atoms with Crippen LogP contribution in [0.3, 0.4) is 0 Å². The molecule has 1 saturated heterocycles. The number of aryl methyl sites for hydroxylation is 2.